The first kappa shape index (κ1) is 18.4. The Bertz CT molecular complexity index is 915. The zero-order valence-electron chi connectivity index (χ0n) is 14.3. The molecule has 1 aromatic heterocycles. The molecule has 0 amide bonds. The second kappa shape index (κ2) is 8.31. The van der Waals surface area contributed by atoms with E-state index in [4.69, 9.17) is 14.2 Å². The van der Waals surface area contributed by atoms with Crippen molar-refractivity contribution in [3.63, 3.8) is 0 Å². The highest BCUT2D eigenvalue weighted by Gasteiger charge is 2.15. The van der Waals surface area contributed by atoms with Crippen LogP contribution < -0.4 is 9.47 Å². The molecule has 1 unspecified atom stereocenters. The standard InChI is InChI=1S/C19H17IN2O4/c1-3-24-19(23)12(2)25-14-5-7-15(8-6-14)26-18-11-21-17-10-13(20)4-9-16(17)22-18/h4-12H,3H2,1-2H3. The number of carbonyl (C=O) groups excluding carboxylic acids is 1. The van der Waals surface area contributed by atoms with E-state index in [0.29, 0.717) is 24.0 Å². The molecule has 0 bridgehead atoms. The Morgan fingerprint density at radius 2 is 1.85 bits per heavy atom. The Morgan fingerprint density at radius 1 is 1.12 bits per heavy atom. The number of rotatable bonds is 6. The van der Waals surface area contributed by atoms with E-state index < -0.39 is 12.1 Å². The van der Waals surface area contributed by atoms with Gasteiger partial charge in [0.05, 0.1) is 23.8 Å². The number of esters is 1. The molecule has 26 heavy (non-hydrogen) atoms. The first-order chi connectivity index (χ1) is 12.5. The van der Waals surface area contributed by atoms with Crippen molar-refractivity contribution in [1.82, 2.24) is 9.97 Å². The monoisotopic (exact) mass is 464 g/mol. The first-order valence-electron chi connectivity index (χ1n) is 8.08. The van der Waals surface area contributed by atoms with Crippen LogP contribution >= 0.6 is 22.6 Å². The zero-order valence-corrected chi connectivity index (χ0v) is 16.5. The van der Waals surface area contributed by atoms with Crippen molar-refractivity contribution in [2.45, 2.75) is 20.0 Å². The topological polar surface area (TPSA) is 70.5 Å². The van der Waals surface area contributed by atoms with Gasteiger partial charge in [-0.1, -0.05) is 0 Å². The Kier molecular flexibility index (Phi) is 5.87. The molecule has 0 aliphatic carbocycles. The van der Waals surface area contributed by atoms with Crippen LogP contribution in [-0.2, 0) is 9.53 Å². The number of halogens is 1. The van der Waals surface area contributed by atoms with Gasteiger partial charge in [0.25, 0.3) is 0 Å². The van der Waals surface area contributed by atoms with Gasteiger partial charge in [-0.2, -0.15) is 0 Å². The maximum atomic E-state index is 11.6. The number of nitrogens with zero attached hydrogens (tertiary/aromatic N) is 2. The van der Waals surface area contributed by atoms with Crippen molar-refractivity contribution in [3.05, 3.63) is 52.2 Å². The fraction of sp³-hybridized carbons (Fsp3) is 0.211. The van der Waals surface area contributed by atoms with Crippen LogP contribution in [0.1, 0.15) is 13.8 Å². The molecule has 0 aliphatic rings. The highest BCUT2D eigenvalue weighted by Crippen LogP contribution is 2.24. The Labute approximate surface area is 164 Å². The summed E-state index contributed by atoms with van der Waals surface area (Å²) >= 11 is 2.23. The van der Waals surface area contributed by atoms with E-state index >= 15 is 0 Å². The van der Waals surface area contributed by atoms with Crippen molar-refractivity contribution in [2.75, 3.05) is 6.61 Å². The molecule has 3 rings (SSSR count). The lowest BCUT2D eigenvalue weighted by molar-refractivity contribution is -0.150. The molecule has 134 valence electrons. The fourth-order valence-electron chi connectivity index (χ4n) is 2.23. The largest absolute Gasteiger partial charge is 0.479 e. The molecule has 1 heterocycles. The van der Waals surface area contributed by atoms with Crippen LogP contribution in [0.2, 0.25) is 0 Å². The summed E-state index contributed by atoms with van der Waals surface area (Å²) in [5.41, 5.74) is 1.59. The normalized spacial score (nSPS) is 11.8. The minimum atomic E-state index is -0.670. The highest BCUT2D eigenvalue weighted by molar-refractivity contribution is 14.1. The second-order valence-electron chi connectivity index (χ2n) is 5.43. The highest BCUT2D eigenvalue weighted by atomic mass is 127. The summed E-state index contributed by atoms with van der Waals surface area (Å²) in [6, 6.07) is 12.8. The molecule has 3 aromatic rings. The van der Waals surface area contributed by atoms with Crippen molar-refractivity contribution < 1.29 is 19.0 Å². The molecule has 0 spiro atoms. The van der Waals surface area contributed by atoms with Gasteiger partial charge < -0.3 is 14.2 Å². The van der Waals surface area contributed by atoms with Crippen LogP contribution in [0, 0.1) is 3.57 Å². The third-order valence-electron chi connectivity index (χ3n) is 3.46. The Hall–Kier alpha value is -2.42. The molecular formula is C19H17IN2O4. The quantitative estimate of drug-likeness (QED) is 0.399. The van der Waals surface area contributed by atoms with Crippen LogP contribution in [-0.4, -0.2) is 28.6 Å². The van der Waals surface area contributed by atoms with Crippen molar-refractivity contribution >= 4 is 39.6 Å². The lowest BCUT2D eigenvalue weighted by Gasteiger charge is -2.13. The molecule has 0 fully saturated rings. The van der Waals surface area contributed by atoms with Crippen molar-refractivity contribution in [3.8, 4) is 17.4 Å². The van der Waals surface area contributed by atoms with Crippen LogP contribution in [0.3, 0.4) is 0 Å². The number of carbonyl (C=O) groups is 1. The Morgan fingerprint density at radius 3 is 2.58 bits per heavy atom. The zero-order chi connectivity index (χ0) is 18.5. The summed E-state index contributed by atoms with van der Waals surface area (Å²) in [5.74, 6) is 1.17. The van der Waals surface area contributed by atoms with E-state index in [1.807, 2.05) is 18.2 Å². The minimum Gasteiger partial charge on any atom is -0.479 e. The predicted molar refractivity (Wildman–Crippen MR) is 105 cm³/mol. The number of aromatic nitrogens is 2. The fourth-order valence-corrected chi connectivity index (χ4v) is 2.71. The molecule has 0 N–H and O–H groups in total. The van der Waals surface area contributed by atoms with Crippen LogP contribution in [0.4, 0.5) is 0 Å². The van der Waals surface area contributed by atoms with Crippen LogP contribution in [0.25, 0.3) is 11.0 Å². The van der Waals surface area contributed by atoms with Crippen molar-refractivity contribution in [1.29, 1.82) is 0 Å². The summed E-state index contributed by atoms with van der Waals surface area (Å²) < 4.78 is 17.3. The average Bonchev–Trinajstić information content (AvgIpc) is 2.63. The average molecular weight is 464 g/mol. The summed E-state index contributed by atoms with van der Waals surface area (Å²) in [6.45, 7) is 3.73. The van der Waals surface area contributed by atoms with Crippen LogP contribution in [0.5, 0.6) is 17.4 Å². The molecular weight excluding hydrogens is 447 g/mol. The second-order valence-corrected chi connectivity index (χ2v) is 6.67. The van der Waals surface area contributed by atoms with E-state index in [1.165, 1.54) is 0 Å². The summed E-state index contributed by atoms with van der Waals surface area (Å²) in [4.78, 5) is 20.4. The summed E-state index contributed by atoms with van der Waals surface area (Å²) in [7, 11) is 0. The van der Waals surface area contributed by atoms with E-state index in [0.717, 1.165) is 14.6 Å². The maximum Gasteiger partial charge on any atom is 0.347 e. The molecule has 7 heteroatoms. The summed E-state index contributed by atoms with van der Waals surface area (Å²) in [5, 5.41) is 0. The molecule has 0 radical (unpaired) electrons. The maximum absolute atomic E-state index is 11.6. The summed E-state index contributed by atoms with van der Waals surface area (Å²) in [6.07, 6.45) is 0.918. The van der Waals surface area contributed by atoms with Gasteiger partial charge in [0.1, 0.15) is 11.5 Å². The Balaban J connectivity index is 1.67. The van der Waals surface area contributed by atoms with E-state index in [-0.39, 0.29) is 0 Å². The van der Waals surface area contributed by atoms with Crippen molar-refractivity contribution in [2.24, 2.45) is 0 Å². The number of hydrogen-bond donors (Lipinski definition) is 0. The molecule has 1 atom stereocenters. The van der Waals surface area contributed by atoms with Gasteiger partial charge in [0, 0.05) is 3.57 Å². The van der Waals surface area contributed by atoms with Gasteiger partial charge in [-0.15, -0.1) is 0 Å². The molecule has 0 saturated carbocycles. The van der Waals surface area contributed by atoms with Gasteiger partial charge in [-0.25, -0.2) is 14.8 Å². The van der Waals surface area contributed by atoms with Gasteiger partial charge in [-0.05, 0) is 78.9 Å². The number of ether oxygens (including phenoxy) is 3. The number of benzene rings is 2. The van der Waals surface area contributed by atoms with Crippen LogP contribution in [0.15, 0.2) is 48.7 Å². The van der Waals surface area contributed by atoms with Gasteiger partial charge in [0.2, 0.25) is 5.88 Å². The van der Waals surface area contributed by atoms with E-state index in [9.17, 15) is 4.79 Å². The molecule has 0 saturated heterocycles. The van der Waals surface area contributed by atoms with E-state index in [2.05, 4.69) is 32.6 Å². The first-order valence-corrected chi connectivity index (χ1v) is 9.16. The smallest absolute Gasteiger partial charge is 0.347 e. The van der Waals surface area contributed by atoms with E-state index in [1.54, 1.807) is 44.3 Å². The lowest BCUT2D eigenvalue weighted by atomic mass is 10.3. The molecule has 6 nitrogen and oxygen atoms in total. The SMILES string of the molecule is CCOC(=O)C(C)Oc1ccc(Oc2cnc3cc(I)ccc3n2)cc1. The third-order valence-corrected chi connectivity index (χ3v) is 4.13. The predicted octanol–water partition coefficient (Wildman–Crippen LogP) is 4.36. The molecule has 2 aromatic carbocycles. The number of hydrogen-bond acceptors (Lipinski definition) is 6. The lowest BCUT2D eigenvalue weighted by Crippen LogP contribution is -2.25. The van der Waals surface area contributed by atoms with Gasteiger partial charge in [0.15, 0.2) is 6.10 Å². The number of fused-ring (bicyclic) bond motifs is 1. The minimum absolute atomic E-state index is 0.325. The third kappa shape index (κ3) is 4.60. The van der Waals surface area contributed by atoms with Gasteiger partial charge >= 0.3 is 5.97 Å². The molecule has 0 aliphatic heterocycles. The van der Waals surface area contributed by atoms with Gasteiger partial charge in [-0.3, -0.25) is 0 Å².